The van der Waals surface area contributed by atoms with Gasteiger partial charge in [0.2, 0.25) is 0 Å². The van der Waals surface area contributed by atoms with Crippen LogP contribution in [-0.2, 0) is 19.8 Å². The SMILES string of the molecule is CC1=C2C(=C[C@](C)(COC(=O)c3ccc(S(=O)(=O)F)cc3)[C@H]2O)C(=O)[C@](C)(O)C12CC2. The van der Waals surface area contributed by atoms with E-state index in [9.17, 15) is 32.1 Å². The molecule has 31 heavy (non-hydrogen) atoms. The summed E-state index contributed by atoms with van der Waals surface area (Å²) in [5.41, 5.74) is -1.75. The molecule has 7 nitrogen and oxygen atoms in total. The minimum Gasteiger partial charge on any atom is -0.461 e. The number of benzene rings is 1. The van der Waals surface area contributed by atoms with Gasteiger partial charge in [0.15, 0.2) is 5.78 Å². The van der Waals surface area contributed by atoms with Gasteiger partial charge < -0.3 is 14.9 Å². The monoisotopic (exact) mass is 450 g/mol. The Labute approximate surface area is 179 Å². The van der Waals surface area contributed by atoms with Gasteiger partial charge in [-0.2, -0.15) is 8.42 Å². The topological polar surface area (TPSA) is 118 Å². The molecule has 0 aliphatic heterocycles. The Kier molecular flexibility index (Phi) is 4.63. The zero-order chi connectivity index (χ0) is 23.0. The minimum atomic E-state index is -4.87. The lowest BCUT2D eigenvalue weighted by atomic mass is 9.67. The molecule has 1 saturated carbocycles. The third-order valence-electron chi connectivity index (χ3n) is 7.04. The summed E-state index contributed by atoms with van der Waals surface area (Å²) in [6.45, 7) is 4.72. The number of hydrogen-bond donors (Lipinski definition) is 2. The van der Waals surface area contributed by atoms with Crippen molar-refractivity contribution in [3.63, 3.8) is 0 Å². The summed E-state index contributed by atoms with van der Waals surface area (Å²) in [4.78, 5) is 24.8. The maximum absolute atomic E-state index is 13.0. The molecule has 166 valence electrons. The van der Waals surface area contributed by atoms with Gasteiger partial charge in [-0.1, -0.05) is 11.6 Å². The van der Waals surface area contributed by atoms with Gasteiger partial charge in [-0.15, -0.1) is 3.89 Å². The van der Waals surface area contributed by atoms with E-state index < -0.39 is 49.4 Å². The Morgan fingerprint density at radius 2 is 1.81 bits per heavy atom. The van der Waals surface area contributed by atoms with Gasteiger partial charge in [0.05, 0.1) is 22.0 Å². The van der Waals surface area contributed by atoms with Crippen LogP contribution in [0.25, 0.3) is 0 Å². The predicted octanol–water partition coefficient (Wildman–Crippen LogP) is 2.24. The molecule has 0 radical (unpaired) electrons. The normalized spacial score (nSPS) is 31.5. The lowest BCUT2D eigenvalue weighted by Crippen LogP contribution is -2.50. The van der Waals surface area contributed by atoms with Gasteiger partial charge in [-0.25, -0.2) is 4.79 Å². The summed E-state index contributed by atoms with van der Waals surface area (Å²) >= 11 is 0. The first-order valence-corrected chi connectivity index (χ1v) is 11.2. The molecule has 0 heterocycles. The van der Waals surface area contributed by atoms with Crippen LogP contribution in [0.4, 0.5) is 3.89 Å². The average Bonchev–Trinajstić information content (AvgIpc) is 3.47. The molecule has 9 heteroatoms. The molecule has 1 fully saturated rings. The number of carbonyl (C=O) groups is 2. The molecule has 0 bridgehead atoms. The molecule has 1 aromatic carbocycles. The highest BCUT2D eigenvalue weighted by Crippen LogP contribution is 2.65. The standard InChI is InChI=1S/C22H23FO7S/c1-12-16-15(17(24)21(3,27)22(12)8-9-22)10-20(2,18(16)25)11-30-19(26)13-4-6-14(7-5-13)31(23,28)29/h4-7,10,18,25,27H,8-9,11H2,1-3H3/t18-,20+,21-/m0/s1. The van der Waals surface area contributed by atoms with Gasteiger partial charge >= 0.3 is 16.2 Å². The Bertz CT molecular complexity index is 1160. The van der Waals surface area contributed by atoms with Crippen molar-refractivity contribution in [1.29, 1.82) is 0 Å². The van der Waals surface area contributed by atoms with E-state index in [1.807, 2.05) is 6.92 Å². The van der Waals surface area contributed by atoms with Crippen molar-refractivity contribution in [1.82, 2.24) is 0 Å². The lowest BCUT2D eigenvalue weighted by Gasteiger charge is -2.39. The Morgan fingerprint density at radius 3 is 2.32 bits per heavy atom. The molecule has 3 aliphatic carbocycles. The van der Waals surface area contributed by atoms with Crippen LogP contribution in [0.1, 0.15) is 44.0 Å². The van der Waals surface area contributed by atoms with Crippen molar-refractivity contribution in [2.75, 3.05) is 6.61 Å². The highest BCUT2D eigenvalue weighted by Gasteiger charge is 2.66. The number of aliphatic hydroxyl groups is 2. The minimum absolute atomic E-state index is 0.0138. The van der Waals surface area contributed by atoms with Crippen LogP contribution in [0.5, 0.6) is 0 Å². The number of esters is 1. The van der Waals surface area contributed by atoms with Crippen LogP contribution in [-0.4, -0.2) is 48.7 Å². The summed E-state index contributed by atoms with van der Waals surface area (Å²) in [7, 11) is -4.87. The number of carbonyl (C=O) groups excluding carboxylic acids is 2. The maximum Gasteiger partial charge on any atom is 0.338 e. The van der Waals surface area contributed by atoms with Gasteiger partial charge in [-0.05, 0) is 63.5 Å². The zero-order valence-electron chi connectivity index (χ0n) is 17.3. The van der Waals surface area contributed by atoms with Crippen molar-refractivity contribution in [3.05, 3.63) is 52.6 Å². The van der Waals surface area contributed by atoms with Crippen LogP contribution in [0, 0.1) is 10.8 Å². The maximum atomic E-state index is 13.0. The molecule has 1 aromatic rings. The Morgan fingerprint density at radius 1 is 1.23 bits per heavy atom. The molecule has 2 N–H and O–H groups in total. The van der Waals surface area contributed by atoms with E-state index >= 15 is 0 Å². The number of halogens is 1. The molecular formula is C22H23FO7S. The van der Waals surface area contributed by atoms with E-state index in [1.54, 1.807) is 13.0 Å². The van der Waals surface area contributed by atoms with E-state index in [1.165, 1.54) is 6.92 Å². The third-order valence-corrected chi connectivity index (χ3v) is 7.87. The second-order valence-electron chi connectivity index (χ2n) is 9.03. The van der Waals surface area contributed by atoms with Crippen LogP contribution in [0.15, 0.2) is 52.0 Å². The van der Waals surface area contributed by atoms with E-state index in [0.29, 0.717) is 18.4 Å². The predicted molar refractivity (Wildman–Crippen MR) is 107 cm³/mol. The number of rotatable bonds is 4. The summed E-state index contributed by atoms with van der Waals surface area (Å²) in [6.07, 6.45) is 1.79. The van der Waals surface area contributed by atoms with Gasteiger partial charge in [0.1, 0.15) is 12.2 Å². The molecular weight excluding hydrogens is 427 g/mol. The average molecular weight is 450 g/mol. The van der Waals surface area contributed by atoms with Crippen molar-refractivity contribution in [3.8, 4) is 0 Å². The number of fused-ring (bicyclic) bond motifs is 1. The molecule has 0 aromatic heterocycles. The molecule has 0 unspecified atom stereocenters. The van der Waals surface area contributed by atoms with Crippen molar-refractivity contribution < 1.29 is 36.8 Å². The summed E-state index contributed by atoms with van der Waals surface area (Å²) in [5, 5.41) is 21.9. The number of Topliss-reactive ketones (excluding diaryl/α,β-unsaturated/α-hetero) is 1. The van der Waals surface area contributed by atoms with Crippen LogP contribution < -0.4 is 0 Å². The van der Waals surface area contributed by atoms with E-state index in [0.717, 1.165) is 29.8 Å². The van der Waals surface area contributed by atoms with Gasteiger partial charge in [0, 0.05) is 11.0 Å². The second-order valence-corrected chi connectivity index (χ2v) is 10.4. The molecule has 1 spiro atoms. The van der Waals surface area contributed by atoms with E-state index in [-0.39, 0.29) is 17.7 Å². The number of ketones is 1. The summed E-state index contributed by atoms with van der Waals surface area (Å²) < 4.78 is 40.1. The fourth-order valence-electron chi connectivity index (χ4n) is 4.83. The van der Waals surface area contributed by atoms with Crippen molar-refractivity contribution in [2.24, 2.45) is 10.8 Å². The molecule has 0 saturated heterocycles. The summed E-state index contributed by atoms with van der Waals surface area (Å²) in [5.74, 6) is -1.23. The zero-order valence-corrected chi connectivity index (χ0v) is 18.1. The molecule has 3 aliphatic rings. The van der Waals surface area contributed by atoms with Gasteiger partial charge in [-0.3, -0.25) is 4.79 Å². The third kappa shape index (κ3) is 3.09. The van der Waals surface area contributed by atoms with E-state index in [2.05, 4.69) is 0 Å². The summed E-state index contributed by atoms with van der Waals surface area (Å²) in [6, 6.07) is 4.17. The fraction of sp³-hybridized carbons (Fsp3) is 0.455. The first-order valence-electron chi connectivity index (χ1n) is 9.86. The Balaban J connectivity index is 1.57. The van der Waals surface area contributed by atoms with E-state index in [4.69, 9.17) is 4.74 Å². The highest BCUT2D eigenvalue weighted by molar-refractivity contribution is 7.86. The van der Waals surface area contributed by atoms with Crippen LogP contribution in [0.2, 0.25) is 0 Å². The molecule has 0 amide bonds. The highest BCUT2D eigenvalue weighted by atomic mass is 32.3. The number of aliphatic hydroxyl groups excluding tert-OH is 1. The second kappa shape index (κ2) is 6.57. The number of ether oxygens (including phenoxy) is 1. The first-order chi connectivity index (χ1) is 14.2. The number of hydrogen-bond acceptors (Lipinski definition) is 7. The smallest absolute Gasteiger partial charge is 0.338 e. The van der Waals surface area contributed by atoms with Crippen LogP contribution in [0.3, 0.4) is 0 Å². The van der Waals surface area contributed by atoms with Crippen molar-refractivity contribution in [2.45, 2.75) is 50.2 Å². The molecule has 4 rings (SSSR count). The van der Waals surface area contributed by atoms with Gasteiger partial charge in [0.25, 0.3) is 0 Å². The fourth-order valence-corrected chi connectivity index (χ4v) is 5.29. The quantitative estimate of drug-likeness (QED) is 0.534. The molecule has 3 atom stereocenters. The van der Waals surface area contributed by atoms with Crippen molar-refractivity contribution >= 4 is 22.0 Å². The largest absolute Gasteiger partial charge is 0.461 e. The Hall–Kier alpha value is -2.36. The first kappa shape index (κ1) is 21.9. The lowest BCUT2D eigenvalue weighted by molar-refractivity contribution is -0.138. The van der Waals surface area contributed by atoms with Crippen LogP contribution >= 0.6 is 0 Å².